The Morgan fingerprint density at radius 2 is 1.55 bits per heavy atom. The molecule has 1 N–H and O–H groups in total. The second-order valence-electron chi connectivity index (χ2n) is 14.9. The smallest absolute Gasteiger partial charge is 0.347 e. The molecular weight excluding hydrogens is 739 g/mol. The summed E-state index contributed by atoms with van der Waals surface area (Å²) in [6.07, 6.45) is 3.36. The molecule has 1 saturated carbocycles. The number of methoxy groups -OCH3 is 2. The van der Waals surface area contributed by atoms with Gasteiger partial charge in [-0.05, 0) is 46.9 Å². The first-order valence-corrected chi connectivity index (χ1v) is 19.0. The molecular formula is C45H39N5O8. The Balaban J connectivity index is 1.18. The van der Waals surface area contributed by atoms with Gasteiger partial charge in [0.1, 0.15) is 11.4 Å². The molecule has 0 radical (unpaired) electrons. The summed E-state index contributed by atoms with van der Waals surface area (Å²) in [5, 5.41) is 10.8. The number of nitrogens with zero attached hydrogens (tertiary/aromatic N) is 5. The molecule has 6 aromatic rings. The van der Waals surface area contributed by atoms with Crippen molar-refractivity contribution >= 4 is 28.2 Å². The average molecular weight is 778 g/mol. The fourth-order valence-corrected chi connectivity index (χ4v) is 9.54. The van der Waals surface area contributed by atoms with E-state index in [4.69, 9.17) is 9.47 Å². The van der Waals surface area contributed by atoms with Crippen molar-refractivity contribution in [2.75, 3.05) is 14.2 Å². The van der Waals surface area contributed by atoms with Crippen molar-refractivity contribution in [1.82, 2.24) is 23.5 Å². The van der Waals surface area contributed by atoms with Crippen LogP contribution in [0, 0.1) is 5.92 Å². The molecule has 58 heavy (non-hydrogen) atoms. The summed E-state index contributed by atoms with van der Waals surface area (Å²) in [6.45, 7) is -0.123. The largest absolute Gasteiger partial charge is 0.508 e. The van der Waals surface area contributed by atoms with Crippen LogP contribution in [0.4, 0.5) is 0 Å². The van der Waals surface area contributed by atoms with E-state index < -0.39 is 34.7 Å². The fraction of sp³-hybridized carbons (Fsp3) is 0.244. The van der Waals surface area contributed by atoms with Crippen molar-refractivity contribution in [1.29, 1.82) is 0 Å². The molecule has 0 saturated heterocycles. The van der Waals surface area contributed by atoms with Crippen molar-refractivity contribution in [3.63, 3.8) is 0 Å². The Morgan fingerprint density at radius 3 is 2.26 bits per heavy atom. The number of hydrogen-bond donors (Lipinski definition) is 1. The maximum Gasteiger partial charge on any atom is 0.347 e. The van der Waals surface area contributed by atoms with E-state index in [1.54, 1.807) is 49.5 Å². The first kappa shape index (κ1) is 36.6. The van der Waals surface area contributed by atoms with E-state index in [0.29, 0.717) is 44.8 Å². The highest BCUT2D eigenvalue weighted by Crippen LogP contribution is 2.61. The maximum atomic E-state index is 15.1. The van der Waals surface area contributed by atoms with Crippen molar-refractivity contribution < 1.29 is 24.2 Å². The third-order valence-electron chi connectivity index (χ3n) is 12.1. The number of Topliss-reactive ketones (excluding diaryl/α,β-unsaturated/α-hetero) is 1. The monoisotopic (exact) mass is 777 g/mol. The number of hydrogen-bond acceptors (Lipinski definition) is 9. The van der Waals surface area contributed by atoms with Crippen LogP contribution in [0.15, 0.2) is 129 Å². The maximum absolute atomic E-state index is 15.1. The number of ether oxygens (including phenoxy) is 2. The third kappa shape index (κ3) is 5.36. The number of aromatic nitrogens is 5. The molecule has 9 rings (SSSR count). The SMILES string of the molecule is COc1cc2nc(CCn3c(=O)n4n(c3=O)C3CC5C(=O)C(c6ccccc6)=CC(=O)C5(c5ccccc5)C(c5cccc(O)c5)C3=CC4)c(=O)n(C)c2cc1OC. The molecule has 2 aliphatic carbocycles. The van der Waals surface area contributed by atoms with Gasteiger partial charge < -0.3 is 19.1 Å². The highest BCUT2D eigenvalue weighted by molar-refractivity contribution is 6.31. The molecule has 4 aromatic carbocycles. The lowest BCUT2D eigenvalue weighted by Crippen LogP contribution is -2.58. The predicted octanol–water partition coefficient (Wildman–Crippen LogP) is 4.48. The highest BCUT2D eigenvalue weighted by atomic mass is 16.5. The number of benzene rings is 4. The number of aromatic hydroxyl groups is 1. The zero-order valence-electron chi connectivity index (χ0n) is 32.0. The first-order valence-electron chi connectivity index (χ1n) is 19.0. The molecule has 292 valence electrons. The Morgan fingerprint density at radius 1 is 0.845 bits per heavy atom. The fourth-order valence-electron chi connectivity index (χ4n) is 9.54. The number of aryl methyl sites for hydroxylation is 2. The van der Waals surface area contributed by atoms with Crippen LogP contribution < -0.4 is 26.4 Å². The number of allylic oxidation sites excluding steroid dienone is 4. The van der Waals surface area contributed by atoms with Crippen molar-refractivity contribution in [2.24, 2.45) is 13.0 Å². The molecule has 2 aromatic heterocycles. The molecule has 0 spiro atoms. The standard InChI is InChI=1S/C45H39N5O8/c1-47-36-25-38(58-3)37(57-2)24-34(36)46-33(42(47)54)18-19-48-43(55)49-20-17-30-35(50(49)44(48)56)23-32-41(53)31(26-11-6-4-7-12-26)22-39(52)45(32,28-14-8-5-9-15-28)40(30)27-13-10-16-29(51)21-27/h4-17,21-22,24-25,32,35,40,51H,18-20,23H2,1-3H3. The Hall–Kier alpha value is -7.02. The highest BCUT2D eigenvalue weighted by Gasteiger charge is 2.63. The van der Waals surface area contributed by atoms with Gasteiger partial charge in [0, 0.05) is 49.6 Å². The minimum absolute atomic E-state index is 0.0165. The summed E-state index contributed by atoms with van der Waals surface area (Å²) in [5.41, 5.74) is 0.955. The summed E-state index contributed by atoms with van der Waals surface area (Å²) in [7, 11) is 4.62. The normalized spacial score (nSPS) is 21.1. The van der Waals surface area contributed by atoms with Crippen LogP contribution in [0.1, 0.15) is 40.8 Å². The number of carbonyl (C=O) groups is 2. The Kier molecular flexibility index (Phi) is 8.75. The Labute approximate surface area is 331 Å². The van der Waals surface area contributed by atoms with Crippen LogP contribution in [0.25, 0.3) is 16.6 Å². The molecule has 4 atom stereocenters. The van der Waals surface area contributed by atoms with Gasteiger partial charge in [0.05, 0.1) is 43.3 Å². The van der Waals surface area contributed by atoms with Crippen LogP contribution in [-0.2, 0) is 41.6 Å². The average Bonchev–Trinajstić information content (AvgIpc) is 3.49. The van der Waals surface area contributed by atoms with Gasteiger partial charge in [-0.1, -0.05) is 78.9 Å². The van der Waals surface area contributed by atoms with Crippen LogP contribution >= 0.6 is 0 Å². The van der Waals surface area contributed by atoms with Gasteiger partial charge in [-0.2, -0.15) is 0 Å². The minimum Gasteiger partial charge on any atom is -0.508 e. The third-order valence-corrected chi connectivity index (χ3v) is 12.1. The summed E-state index contributed by atoms with van der Waals surface area (Å²) >= 11 is 0. The molecule has 3 aliphatic rings. The van der Waals surface area contributed by atoms with Gasteiger partial charge in [-0.3, -0.25) is 14.4 Å². The second-order valence-corrected chi connectivity index (χ2v) is 14.9. The second kappa shape index (κ2) is 13.9. The Bertz CT molecular complexity index is 2920. The summed E-state index contributed by atoms with van der Waals surface area (Å²) < 4.78 is 16.2. The molecule has 4 unspecified atom stereocenters. The van der Waals surface area contributed by atoms with Crippen molar-refractivity contribution in [3.05, 3.63) is 168 Å². The van der Waals surface area contributed by atoms with Crippen LogP contribution in [0.5, 0.6) is 17.2 Å². The van der Waals surface area contributed by atoms with E-state index in [1.165, 1.54) is 34.2 Å². The summed E-state index contributed by atoms with van der Waals surface area (Å²) in [5.74, 6) is -1.42. The molecule has 0 bridgehead atoms. The minimum atomic E-state index is -1.43. The lowest BCUT2D eigenvalue weighted by Gasteiger charge is -2.54. The lowest BCUT2D eigenvalue weighted by molar-refractivity contribution is -0.133. The van der Waals surface area contributed by atoms with Gasteiger partial charge in [-0.25, -0.2) is 28.5 Å². The number of ketones is 2. The quantitative estimate of drug-likeness (QED) is 0.220. The van der Waals surface area contributed by atoms with Gasteiger partial charge in [-0.15, -0.1) is 0 Å². The van der Waals surface area contributed by atoms with Gasteiger partial charge in [0.2, 0.25) is 0 Å². The lowest BCUT2D eigenvalue weighted by atomic mass is 9.47. The summed E-state index contributed by atoms with van der Waals surface area (Å²) in [4.78, 5) is 77.1. The van der Waals surface area contributed by atoms with E-state index in [1.807, 2.05) is 60.7 Å². The van der Waals surface area contributed by atoms with Gasteiger partial charge in [0.25, 0.3) is 5.56 Å². The van der Waals surface area contributed by atoms with Gasteiger partial charge in [0.15, 0.2) is 23.1 Å². The molecule has 3 heterocycles. The zero-order chi connectivity index (χ0) is 40.5. The first-order chi connectivity index (χ1) is 28.1. The van der Waals surface area contributed by atoms with E-state index in [2.05, 4.69) is 4.98 Å². The van der Waals surface area contributed by atoms with E-state index in [9.17, 15) is 19.5 Å². The number of rotatable bonds is 8. The van der Waals surface area contributed by atoms with E-state index in [0.717, 1.165) is 4.57 Å². The van der Waals surface area contributed by atoms with Crippen molar-refractivity contribution in [3.8, 4) is 17.2 Å². The van der Waals surface area contributed by atoms with E-state index in [-0.39, 0.29) is 60.1 Å². The number of fused-ring (bicyclic) bond motifs is 5. The molecule has 13 heteroatoms. The number of phenolic OH excluding ortho intramolecular Hbond substituents is 1. The molecule has 13 nitrogen and oxygen atoms in total. The zero-order valence-corrected chi connectivity index (χ0v) is 32.0. The molecule has 1 fully saturated rings. The molecule has 0 amide bonds. The predicted molar refractivity (Wildman–Crippen MR) is 215 cm³/mol. The topological polar surface area (TPSA) is 157 Å². The van der Waals surface area contributed by atoms with Crippen LogP contribution in [-0.4, -0.2) is 54.4 Å². The van der Waals surface area contributed by atoms with Crippen LogP contribution in [0.3, 0.4) is 0 Å². The summed E-state index contributed by atoms with van der Waals surface area (Å²) in [6, 6.07) is 27.5. The molecule has 1 aliphatic heterocycles. The van der Waals surface area contributed by atoms with Crippen molar-refractivity contribution in [2.45, 2.75) is 43.3 Å². The van der Waals surface area contributed by atoms with E-state index >= 15 is 9.59 Å². The number of carbonyl (C=O) groups excluding carboxylic acids is 2. The number of phenols is 1. The van der Waals surface area contributed by atoms with Gasteiger partial charge >= 0.3 is 11.4 Å². The van der Waals surface area contributed by atoms with Crippen LogP contribution in [0.2, 0.25) is 0 Å².